The number of cyclic esters (lactones) is 1. The van der Waals surface area contributed by atoms with Crippen molar-refractivity contribution in [3.8, 4) is 10.4 Å². The van der Waals surface area contributed by atoms with Crippen LogP contribution in [0, 0.1) is 5.82 Å². The lowest BCUT2D eigenvalue weighted by Gasteiger charge is -2.13. The van der Waals surface area contributed by atoms with Gasteiger partial charge in [0.25, 0.3) is 5.95 Å². The van der Waals surface area contributed by atoms with Gasteiger partial charge in [0.2, 0.25) is 0 Å². The first-order chi connectivity index (χ1) is 13.0. The summed E-state index contributed by atoms with van der Waals surface area (Å²) in [6, 6.07) is 4.45. The Hall–Kier alpha value is -3.12. The molecule has 4 rings (SSSR count). The molecule has 2 aromatic heterocycles. The molecule has 27 heavy (non-hydrogen) atoms. The van der Waals surface area contributed by atoms with Crippen LogP contribution < -0.4 is 10.2 Å². The molecular formula is C15H14FN7O3S. The van der Waals surface area contributed by atoms with Crippen LogP contribution in [0.1, 0.15) is 0 Å². The molecule has 1 aromatic carbocycles. The van der Waals surface area contributed by atoms with Crippen molar-refractivity contribution < 1.29 is 19.0 Å². The smallest absolute Gasteiger partial charge is 0.414 e. The summed E-state index contributed by atoms with van der Waals surface area (Å²) in [5.41, 5.74) is 0.714. The van der Waals surface area contributed by atoms with Crippen LogP contribution >= 0.6 is 11.3 Å². The van der Waals surface area contributed by atoms with E-state index in [9.17, 15) is 9.18 Å². The third-order valence-electron chi connectivity index (χ3n) is 3.84. The molecule has 0 bridgehead atoms. The van der Waals surface area contributed by atoms with E-state index in [1.54, 1.807) is 19.2 Å². The summed E-state index contributed by atoms with van der Waals surface area (Å²) in [6.45, 7) is -0.103. The number of hydrogen-bond donors (Lipinski definition) is 2. The lowest BCUT2D eigenvalue weighted by Crippen LogP contribution is -2.25. The van der Waals surface area contributed by atoms with Crippen LogP contribution in [0.5, 0.6) is 0 Å². The Morgan fingerprint density at radius 3 is 3.00 bits per heavy atom. The molecule has 3 heterocycles. The SMILES string of the molecule is Cn1nnc(Nc2ncc(-c3ccc(N4C[C@H](CO)OC4=O)cc3F)s2)n1. The van der Waals surface area contributed by atoms with Gasteiger partial charge >= 0.3 is 6.09 Å². The van der Waals surface area contributed by atoms with Gasteiger partial charge in [0.05, 0.1) is 30.8 Å². The molecule has 2 N–H and O–H groups in total. The number of benzene rings is 1. The predicted octanol–water partition coefficient (Wildman–Crippen LogP) is 1.53. The van der Waals surface area contributed by atoms with E-state index >= 15 is 0 Å². The second-order valence-corrected chi connectivity index (χ2v) is 6.75. The van der Waals surface area contributed by atoms with Crippen LogP contribution in [0.2, 0.25) is 0 Å². The number of nitrogens with zero attached hydrogens (tertiary/aromatic N) is 6. The van der Waals surface area contributed by atoms with Crippen LogP contribution in [0.15, 0.2) is 24.4 Å². The number of ether oxygens (including phenoxy) is 1. The first-order valence-electron chi connectivity index (χ1n) is 7.89. The fourth-order valence-electron chi connectivity index (χ4n) is 2.59. The number of nitrogens with one attached hydrogen (secondary N) is 1. The van der Waals surface area contributed by atoms with Gasteiger partial charge in [-0.2, -0.15) is 4.80 Å². The number of hydrogen-bond acceptors (Lipinski definition) is 9. The van der Waals surface area contributed by atoms with E-state index < -0.39 is 18.0 Å². The Balaban J connectivity index is 1.54. The monoisotopic (exact) mass is 391 g/mol. The van der Waals surface area contributed by atoms with Crippen molar-refractivity contribution in [1.29, 1.82) is 0 Å². The predicted molar refractivity (Wildman–Crippen MR) is 94.3 cm³/mol. The van der Waals surface area contributed by atoms with Crippen LogP contribution in [0.3, 0.4) is 0 Å². The van der Waals surface area contributed by atoms with Crippen molar-refractivity contribution >= 4 is 34.2 Å². The second kappa shape index (κ2) is 6.89. The van der Waals surface area contributed by atoms with Gasteiger partial charge < -0.3 is 9.84 Å². The van der Waals surface area contributed by atoms with Crippen molar-refractivity contribution in [1.82, 2.24) is 25.2 Å². The summed E-state index contributed by atoms with van der Waals surface area (Å²) in [4.78, 5) is 19.2. The second-order valence-electron chi connectivity index (χ2n) is 5.72. The lowest BCUT2D eigenvalue weighted by atomic mass is 10.1. The molecule has 0 aliphatic carbocycles. The number of aryl methyl sites for hydroxylation is 1. The van der Waals surface area contributed by atoms with Gasteiger partial charge in [0, 0.05) is 11.8 Å². The molecule has 140 valence electrons. The number of thiazole rings is 1. The molecule has 12 heteroatoms. The van der Waals surface area contributed by atoms with Gasteiger partial charge in [-0.3, -0.25) is 10.2 Å². The quantitative estimate of drug-likeness (QED) is 0.672. The normalized spacial score (nSPS) is 16.6. The first kappa shape index (κ1) is 17.3. The van der Waals surface area contributed by atoms with Gasteiger partial charge in [-0.25, -0.2) is 14.2 Å². The van der Waals surface area contributed by atoms with Gasteiger partial charge in [0.1, 0.15) is 11.9 Å². The third kappa shape index (κ3) is 3.44. The molecule has 1 aliphatic heterocycles. The molecule has 0 radical (unpaired) electrons. The van der Waals surface area contributed by atoms with Crippen molar-refractivity contribution in [3.05, 3.63) is 30.2 Å². The molecule has 0 spiro atoms. The summed E-state index contributed by atoms with van der Waals surface area (Å²) >= 11 is 1.23. The minimum atomic E-state index is -0.609. The maximum absolute atomic E-state index is 14.6. The van der Waals surface area contributed by atoms with E-state index in [1.165, 1.54) is 33.3 Å². The van der Waals surface area contributed by atoms with Crippen LogP contribution in [-0.4, -0.2) is 55.6 Å². The minimum Gasteiger partial charge on any atom is -0.441 e. The summed E-state index contributed by atoms with van der Waals surface area (Å²) in [6.07, 6.45) is 0.319. The van der Waals surface area contributed by atoms with Crippen molar-refractivity contribution in [2.75, 3.05) is 23.4 Å². The maximum atomic E-state index is 14.6. The average molecular weight is 391 g/mol. The number of carbonyl (C=O) groups is 1. The van der Waals surface area contributed by atoms with E-state index in [4.69, 9.17) is 9.84 Å². The van der Waals surface area contributed by atoms with Gasteiger partial charge in [0.15, 0.2) is 5.13 Å². The molecule has 3 aromatic rings. The summed E-state index contributed by atoms with van der Waals surface area (Å²) in [5, 5.41) is 24.0. The molecule has 0 unspecified atom stereocenters. The number of halogens is 1. The molecule has 0 saturated carbocycles. The Morgan fingerprint density at radius 1 is 1.48 bits per heavy atom. The summed E-state index contributed by atoms with van der Waals surface area (Å²) in [5.74, 6) is -0.208. The number of aliphatic hydroxyl groups is 1. The standard InChI is InChI=1S/C15H14FN7O3S/c1-22-20-13(19-21-22)18-14-17-5-12(27-14)10-3-2-8(4-11(10)16)23-6-9(7-24)26-15(23)25/h2-5,9,24H,6-7H2,1H3,(H,17,18,20)/t9-/m1/s1. The molecular weight excluding hydrogens is 377 g/mol. The van der Waals surface area contributed by atoms with Crippen LogP contribution in [0.4, 0.5) is 26.0 Å². The lowest BCUT2D eigenvalue weighted by molar-refractivity contribution is 0.0963. The van der Waals surface area contributed by atoms with E-state index in [0.29, 0.717) is 27.2 Å². The molecule has 1 aliphatic rings. The zero-order chi connectivity index (χ0) is 19.0. The summed E-state index contributed by atoms with van der Waals surface area (Å²) < 4.78 is 19.6. The number of anilines is 3. The van der Waals surface area contributed by atoms with Gasteiger partial charge in [-0.1, -0.05) is 16.4 Å². The molecule has 1 fully saturated rings. The zero-order valence-electron chi connectivity index (χ0n) is 14.0. The van der Waals surface area contributed by atoms with Crippen LogP contribution in [-0.2, 0) is 11.8 Å². The number of rotatable bonds is 5. The fraction of sp³-hybridized carbons (Fsp3) is 0.267. The first-order valence-corrected chi connectivity index (χ1v) is 8.71. The molecule has 1 saturated heterocycles. The summed E-state index contributed by atoms with van der Waals surface area (Å²) in [7, 11) is 1.64. The Bertz CT molecular complexity index is 991. The zero-order valence-corrected chi connectivity index (χ0v) is 14.9. The molecule has 1 amide bonds. The van der Waals surface area contributed by atoms with E-state index in [0.717, 1.165) is 0 Å². The highest BCUT2D eigenvalue weighted by Gasteiger charge is 2.32. The average Bonchev–Trinajstić information content (AvgIpc) is 3.36. The Labute approximate surface area is 156 Å². The van der Waals surface area contributed by atoms with E-state index in [2.05, 4.69) is 25.7 Å². The van der Waals surface area contributed by atoms with E-state index in [1.807, 2.05) is 0 Å². The number of tetrazole rings is 1. The van der Waals surface area contributed by atoms with E-state index in [-0.39, 0.29) is 13.2 Å². The Kier molecular flexibility index (Phi) is 4.41. The highest BCUT2D eigenvalue weighted by Crippen LogP contribution is 2.34. The highest BCUT2D eigenvalue weighted by atomic mass is 32.1. The van der Waals surface area contributed by atoms with Gasteiger partial charge in [-0.15, -0.1) is 5.10 Å². The maximum Gasteiger partial charge on any atom is 0.414 e. The third-order valence-corrected chi connectivity index (χ3v) is 4.79. The number of aliphatic hydroxyl groups excluding tert-OH is 1. The number of amides is 1. The Morgan fingerprint density at radius 2 is 2.33 bits per heavy atom. The van der Waals surface area contributed by atoms with Crippen LogP contribution in [0.25, 0.3) is 10.4 Å². The van der Waals surface area contributed by atoms with Gasteiger partial charge in [-0.05, 0) is 23.4 Å². The molecule has 1 atom stereocenters. The van der Waals surface area contributed by atoms with Crippen molar-refractivity contribution in [3.63, 3.8) is 0 Å². The number of carbonyl (C=O) groups excluding carboxylic acids is 1. The highest BCUT2D eigenvalue weighted by molar-refractivity contribution is 7.18. The fourth-order valence-corrected chi connectivity index (χ4v) is 3.42. The number of aromatic nitrogens is 5. The van der Waals surface area contributed by atoms with Crippen molar-refractivity contribution in [2.24, 2.45) is 7.05 Å². The largest absolute Gasteiger partial charge is 0.441 e. The van der Waals surface area contributed by atoms with Crippen molar-refractivity contribution in [2.45, 2.75) is 6.10 Å². The molecule has 10 nitrogen and oxygen atoms in total. The topological polar surface area (TPSA) is 118 Å². The minimum absolute atomic E-state index is 0.174.